The summed E-state index contributed by atoms with van der Waals surface area (Å²) in [5.41, 5.74) is 5.35. The lowest BCUT2D eigenvalue weighted by Crippen LogP contribution is -2.49. The summed E-state index contributed by atoms with van der Waals surface area (Å²) >= 11 is 0. The molecule has 6 heteroatoms. The van der Waals surface area contributed by atoms with Crippen LogP contribution in [0.15, 0.2) is 36.7 Å². The molecule has 6 nitrogen and oxygen atoms in total. The molecule has 1 fully saturated rings. The third kappa shape index (κ3) is 4.57. The molecule has 144 valence electrons. The molecule has 0 saturated carbocycles. The minimum atomic E-state index is 0.0403. The monoisotopic (exact) mass is 368 g/mol. The summed E-state index contributed by atoms with van der Waals surface area (Å²) in [7, 11) is 1.66. The van der Waals surface area contributed by atoms with E-state index in [1.54, 1.807) is 19.5 Å². The van der Waals surface area contributed by atoms with Crippen molar-refractivity contribution in [3.8, 4) is 0 Å². The van der Waals surface area contributed by atoms with Crippen molar-refractivity contribution in [3.05, 3.63) is 53.3 Å². The number of aryl methyl sites for hydroxylation is 1. The van der Waals surface area contributed by atoms with Gasteiger partial charge in [-0.05, 0) is 37.1 Å². The number of amides is 1. The number of nitrogens with one attached hydrogen (secondary N) is 1. The standard InChI is InChI=1S/C21H28N4O2/c1-16-5-4-6-20(17(16)2)24-8-10-25(11-9-24)21(26)18-13-19(15-22-14-18)23-7-12-27-3/h4-6,13-15,23H,7-12H2,1-3H3. The molecule has 1 aliphatic heterocycles. The molecule has 1 aliphatic rings. The van der Waals surface area contributed by atoms with Crippen LogP contribution < -0.4 is 10.2 Å². The number of methoxy groups -OCH3 is 1. The van der Waals surface area contributed by atoms with Crippen molar-refractivity contribution >= 4 is 17.3 Å². The molecular formula is C21H28N4O2. The smallest absolute Gasteiger partial charge is 0.255 e. The second-order valence-electron chi connectivity index (χ2n) is 6.88. The number of ether oxygens (including phenoxy) is 1. The molecule has 1 saturated heterocycles. The van der Waals surface area contributed by atoms with Crippen molar-refractivity contribution < 1.29 is 9.53 Å². The molecule has 0 radical (unpaired) electrons. The predicted molar refractivity (Wildman–Crippen MR) is 109 cm³/mol. The van der Waals surface area contributed by atoms with Crippen LogP contribution in [0.2, 0.25) is 0 Å². The van der Waals surface area contributed by atoms with Crippen LogP contribution in [0, 0.1) is 13.8 Å². The zero-order valence-electron chi connectivity index (χ0n) is 16.4. The maximum absolute atomic E-state index is 12.9. The van der Waals surface area contributed by atoms with Crippen LogP contribution in [0.4, 0.5) is 11.4 Å². The van der Waals surface area contributed by atoms with Crippen LogP contribution in [0.5, 0.6) is 0 Å². The number of hydrogen-bond donors (Lipinski definition) is 1. The van der Waals surface area contributed by atoms with Crippen LogP contribution in [0.3, 0.4) is 0 Å². The normalized spacial score (nSPS) is 14.3. The highest BCUT2D eigenvalue weighted by atomic mass is 16.5. The number of benzene rings is 1. The minimum Gasteiger partial charge on any atom is -0.383 e. The van der Waals surface area contributed by atoms with Gasteiger partial charge >= 0.3 is 0 Å². The van der Waals surface area contributed by atoms with Crippen molar-refractivity contribution in [1.82, 2.24) is 9.88 Å². The topological polar surface area (TPSA) is 57.7 Å². The Hall–Kier alpha value is -2.60. The number of carbonyl (C=O) groups is 1. The molecule has 1 aromatic heterocycles. The molecule has 0 unspecified atom stereocenters. The molecule has 0 spiro atoms. The number of hydrogen-bond acceptors (Lipinski definition) is 5. The molecule has 3 rings (SSSR count). The third-order valence-corrected chi connectivity index (χ3v) is 5.10. The van der Waals surface area contributed by atoms with Gasteiger partial charge in [0.2, 0.25) is 0 Å². The molecule has 27 heavy (non-hydrogen) atoms. The zero-order valence-corrected chi connectivity index (χ0v) is 16.4. The molecule has 1 aromatic carbocycles. The molecule has 2 aromatic rings. The number of nitrogens with zero attached hydrogens (tertiary/aromatic N) is 3. The van der Waals surface area contributed by atoms with Gasteiger partial charge in [-0.25, -0.2) is 0 Å². The van der Waals surface area contributed by atoms with E-state index in [1.807, 2.05) is 11.0 Å². The van der Waals surface area contributed by atoms with E-state index >= 15 is 0 Å². The van der Waals surface area contributed by atoms with Crippen molar-refractivity contribution in [2.45, 2.75) is 13.8 Å². The first-order chi connectivity index (χ1) is 13.1. The van der Waals surface area contributed by atoms with Crippen molar-refractivity contribution in [3.63, 3.8) is 0 Å². The van der Waals surface area contributed by atoms with Crippen molar-refractivity contribution in [2.24, 2.45) is 0 Å². The Morgan fingerprint density at radius 2 is 1.96 bits per heavy atom. The van der Waals surface area contributed by atoms with Gasteiger partial charge in [-0.15, -0.1) is 0 Å². The number of aromatic nitrogens is 1. The Morgan fingerprint density at radius 3 is 2.70 bits per heavy atom. The van der Waals surface area contributed by atoms with Gasteiger partial charge in [0.15, 0.2) is 0 Å². The quantitative estimate of drug-likeness (QED) is 0.795. The second-order valence-corrected chi connectivity index (χ2v) is 6.88. The molecule has 0 atom stereocenters. The lowest BCUT2D eigenvalue weighted by Gasteiger charge is -2.37. The first-order valence-corrected chi connectivity index (χ1v) is 9.38. The van der Waals surface area contributed by atoms with Crippen LogP contribution in [0.1, 0.15) is 21.5 Å². The van der Waals surface area contributed by atoms with E-state index in [9.17, 15) is 4.79 Å². The van der Waals surface area contributed by atoms with Crippen LogP contribution in [-0.4, -0.2) is 62.2 Å². The van der Waals surface area contributed by atoms with E-state index in [1.165, 1.54) is 16.8 Å². The molecule has 2 heterocycles. The summed E-state index contributed by atoms with van der Waals surface area (Å²) in [6.45, 7) is 8.71. The van der Waals surface area contributed by atoms with Gasteiger partial charge < -0.3 is 19.9 Å². The lowest BCUT2D eigenvalue weighted by atomic mass is 10.1. The van der Waals surface area contributed by atoms with E-state index in [0.717, 1.165) is 18.8 Å². The van der Waals surface area contributed by atoms with Crippen LogP contribution in [0.25, 0.3) is 0 Å². The Labute approximate surface area is 161 Å². The Kier molecular flexibility index (Phi) is 6.29. The van der Waals surface area contributed by atoms with E-state index in [4.69, 9.17) is 4.74 Å². The summed E-state index contributed by atoms with van der Waals surface area (Å²) < 4.78 is 5.04. The predicted octanol–water partition coefficient (Wildman–Crippen LogP) is 2.72. The van der Waals surface area contributed by atoms with Crippen molar-refractivity contribution in [1.29, 1.82) is 0 Å². The molecule has 0 aliphatic carbocycles. The first-order valence-electron chi connectivity index (χ1n) is 9.38. The van der Waals surface area contributed by atoms with Gasteiger partial charge in [0.25, 0.3) is 5.91 Å². The van der Waals surface area contributed by atoms with Gasteiger partial charge in [0.1, 0.15) is 0 Å². The Morgan fingerprint density at radius 1 is 1.19 bits per heavy atom. The number of carbonyl (C=O) groups excluding carboxylic acids is 1. The molecule has 1 N–H and O–H groups in total. The maximum atomic E-state index is 12.9. The average Bonchev–Trinajstić information content (AvgIpc) is 2.70. The summed E-state index contributed by atoms with van der Waals surface area (Å²) in [4.78, 5) is 21.3. The van der Waals surface area contributed by atoms with E-state index < -0.39 is 0 Å². The summed E-state index contributed by atoms with van der Waals surface area (Å²) in [5, 5.41) is 3.22. The van der Waals surface area contributed by atoms with Gasteiger partial charge in [0, 0.05) is 57.9 Å². The van der Waals surface area contributed by atoms with Gasteiger partial charge in [-0.3, -0.25) is 9.78 Å². The highest BCUT2D eigenvalue weighted by Crippen LogP contribution is 2.24. The highest BCUT2D eigenvalue weighted by Gasteiger charge is 2.23. The average molecular weight is 368 g/mol. The fraction of sp³-hybridized carbons (Fsp3) is 0.429. The lowest BCUT2D eigenvalue weighted by molar-refractivity contribution is 0.0746. The highest BCUT2D eigenvalue weighted by molar-refractivity contribution is 5.95. The summed E-state index contributed by atoms with van der Waals surface area (Å²) in [6, 6.07) is 8.27. The zero-order chi connectivity index (χ0) is 19.2. The fourth-order valence-electron chi connectivity index (χ4n) is 3.36. The number of anilines is 2. The molecule has 1 amide bonds. The van der Waals surface area contributed by atoms with Gasteiger partial charge in [0.05, 0.1) is 17.9 Å². The van der Waals surface area contributed by atoms with Crippen molar-refractivity contribution in [2.75, 3.05) is 56.7 Å². The van der Waals surface area contributed by atoms with E-state index in [-0.39, 0.29) is 5.91 Å². The first kappa shape index (κ1) is 19.2. The second kappa shape index (κ2) is 8.86. The largest absolute Gasteiger partial charge is 0.383 e. The SMILES string of the molecule is COCCNc1cncc(C(=O)N2CCN(c3cccc(C)c3C)CC2)c1. The maximum Gasteiger partial charge on any atom is 0.255 e. The molecular weight excluding hydrogens is 340 g/mol. The number of piperazine rings is 1. The molecule has 0 bridgehead atoms. The number of pyridine rings is 1. The van der Waals surface area contributed by atoms with Crippen LogP contribution in [-0.2, 0) is 4.74 Å². The van der Waals surface area contributed by atoms with E-state index in [2.05, 4.69) is 47.2 Å². The summed E-state index contributed by atoms with van der Waals surface area (Å²) in [6.07, 6.45) is 3.37. The Balaban J connectivity index is 1.61. The summed E-state index contributed by atoms with van der Waals surface area (Å²) in [5.74, 6) is 0.0403. The van der Waals surface area contributed by atoms with Crippen LogP contribution >= 0.6 is 0 Å². The van der Waals surface area contributed by atoms with Gasteiger partial charge in [-0.2, -0.15) is 0 Å². The third-order valence-electron chi connectivity index (χ3n) is 5.10. The fourth-order valence-corrected chi connectivity index (χ4v) is 3.36. The Bertz CT molecular complexity index is 786. The minimum absolute atomic E-state index is 0.0403. The number of rotatable bonds is 6. The van der Waals surface area contributed by atoms with E-state index in [0.29, 0.717) is 31.8 Å². The van der Waals surface area contributed by atoms with Gasteiger partial charge in [-0.1, -0.05) is 12.1 Å².